The van der Waals surface area contributed by atoms with Crippen LogP contribution in [0, 0.1) is 0 Å². The number of amides is 2. The van der Waals surface area contributed by atoms with Gasteiger partial charge in [-0.1, -0.05) is 48.5 Å². The molecule has 1 saturated heterocycles. The van der Waals surface area contributed by atoms with Gasteiger partial charge in [0.1, 0.15) is 11.6 Å². The minimum Gasteiger partial charge on any atom is -0.476 e. The minimum atomic E-state index is -1.12. The van der Waals surface area contributed by atoms with E-state index in [4.69, 9.17) is 14.6 Å². The fourth-order valence-electron chi connectivity index (χ4n) is 4.54. The van der Waals surface area contributed by atoms with E-state index in [1.54, 1.807) is 0 Å². The van der Waals surface area contributed by atoms with E-state index in [9.17, 15) is 14.4 Å². The van der Waals surface area contributed by atoms with E-state index in [1.165, 1.54) is 5.38 Å². The first-order chi connectivity index (χ1) is 17.0. The van der Waals surface area contributed by atoms with Crippen LogP contribution in [0.5, 0.6) is 0 Å². The molecule has 0 unspecified atom stereocenters. The Bertz CT molecular complexity index is 1230. The molecule has 1 aromatic heterocycles. The molecule has 0 bridgehead atoms. The number of nitrogens with zero attached hydrogens (tertiary/aromatic N) is 1. The second kappa shape index (κ2) is 9.85. The Balaban J connectivity index is 1.16. The highest BCUT2D eigenvalue weighted by molar-refractivity contribution is 7.09. The Kier molecular flexibility index (Phi) is 6.47. The number of nitrogens with one attached hydrogen (secondary N) is 2. The lowest BCUT2D eigenvalue weighted by Gasteiger charge is -2.20. The van der Waals surface area contributed by atoms with Gasteiger partial charge in [0.15, 0.2) is 11.8 Å². The van der Waals surface area contributed by atoms with E-state index < -0.39 is 30.1 Å². The van der Waals surface area contributed by atoms with Crippen molar-refractivity contribution < 1.29 is 29.0 Å². The number of thiazole rings is 1. The SMILES string of the molecule is O=C(N[C@@H]1CCO[C@@H]1C(=O)NCc1nc(C(=O)O)cs1)OCC1c2ccccc2-c2ccccc21. The summed E-state index contributed by atoms with van der Waals surface area (Å²) in [4.78, 5) is 40.1. The Morgan fingerprint density at radius 3 is 2.43 bits per heavy atom. The lowest BCUT2D eigenvalue weighted by molar-refractivity contribution is -0.130. The number of carbonyl (C=O) groups excluding carboxylic acids is 2. The number of rotatable bonds is 7. The summed E-state index contributed by atoms with van der Waals surface area (Å²) in [6.07, 6.45) is -0.997. The number of carbonyl (C=O) groups is 3. The largest absolute Gasteiger partial charge is 0.476 e. The first-order valence-electron chi connectivity index (χ1n) is 11.2. The summed E-state index contributed by atoms with van der Waals surface area (Å²) < 4.78 is 11.1. The van der Waals surface area contributed by atoms with Gasteiger partial charge in [0.05, 0.1) is 12.6 Å². The number of alkyl carbamates (subject to hydrolysis) is 1. The molecule has 0 spiro atoms. The summed E-state index contributed by atoms with van der Waals surface area (Å²) in [7, 11) is 0. The van der Waals surface area contributed by atoms with Gasteiger partial charge in [0, 0.05) is 17.9 Å². The van der Waals surface area contributed by atoms with Crippen molar-refractivity contribution in [1.82, 2.24) is 15.6 Å². The minimum absolute atomic E-state index is 0.0546. The molecule has 2 aromatic carbocycles. The molecule has 2 atom stereocenters. The highest BCUT2D eigenvalue weighted by atomic mass is 32.1. The Morgan fingerprint density at radius 1 is 1.09 bits per heavy atom. The van der Waals surface area contributed by atoms with Gasteiger partial charge >= 0.3 is 12.1 Å². The van der Waals surface area contributed by atoms with Crippen molar-refractivity contribution in [1.29, 1.82) is 0 Å². The number of hydrogen-bond donors (Lipinski definition) is 3. The maximum atomic E-state index is 12.6. The van der Waals surface area contributed by atoms with Crippen LogP contribution in [0.25, 0.3) is 11.1 Å². The molecule has 2 amide bonds. The standard InChI is InChI=1S/C25H23N3O6S/c29-23(26-11-21-27-20(13-35-21)24(30)31)22-19(9-10-33-22)28-25(32)34-12-18-16-7-3-1-5-14(16)15-6-2-4-8-17(15)18/h1-8,13,18-19,22H,9-12H2,(H,26,29)(H,28,32)(H,30,31)/t19-,22+/m1/s1. The lowest BCUT2D eigenvalue weighted by Crippen LogP contribution is -2.48. The van der Waals surface area contributed by atoms with E-state index in [-0.39, 0.29) is 24.8 Å². The molecule has 0 radical (unpaired) electrons. The molecule has 1 aliphatic heterocycles. The predicted octanol–water partition coefficient (Wildman–Crippen LogP) is 3.15. The first-order valence-corrected chi connectivity index (χ1v) is 12.1. The molecule has 2 aliphatic rings. The molecule has 35 heavy (non-hydrogen) atoms. The van der Waals surface area contributed by atoms with Crippen LogP contribution >= 0.6 is 11.3 Å². The molecule has 9 nitrogen and oxygen atoms in total. The second-order valence-corrected chi connectivity index (χ2v) is 9.25. The Labute approximate surface area is 205 Å². The zero-order valence-corrected chi connectivity index (χ0v) is 19.4. The molecule has 1 fully saturated rings. The molecule has 3 N–H and O–H groups in total. The summed E-state index contributed by atoms with van der Waals surface area (Å²) in [5, 5.41) is 16.3. The van der Waals surface area contributed by atoms with Crippen LogP contribution in [0.3, 0.4) is 0 Å². The second-order valence-electron chi connectivity index (χ2n) is 8.31. The fourth-order valence-corrected chi connectivity index (χ4v) is 5.25. The zero-order valence-electron chi connectivity index (χ0n) is 18.6. The van der Waals surface area contributed by atoms with Gasteiger partial charge in [-0.15, -0.1) is 11.3 Å². The number of aromatic carboxylic acids is 1. The highest BCUT2D eigenvalue weighted by Crippen LogP contribution is 2.44. The third-order valence-corrected chi connectivity index (χ3v) is 7.03. The van der Waals surface area contributed by atoms with Crippen LogP contribution in [0.1, 0.15) is 39.0 Å². The normalized spacial score (nSPS) is 18.5. The lowest BCUT2D eigenvalue weighted by atomic mass is 9.98. The summed E-state index contributed by atoms with van der Waals surface area (Å²) in [5.74, 6) is -1.58. The average molecular weight is 494 g/mol. The van der Waals surface area contributed by atoms with E-state index in [0.717, 1.165) is 33.6 Å². The number of aromatic nitrogens is 1. The van der Waals surface area contributed by atoms with Crippen LogP contribution in [-0.2, 0) is 20.8 Å². The monoisotopic (exact) mass is 493 g/mol. The number of benzene rings is 2. The number of carboxylic acid groups (broad SMARTS) is 1. The quantitative estimate of drug-likeness (QED) is 0.461. The third-order valence-electron chi connectivity index (χ3n) is 6.18. The molecule has 1 aliphatic carbocycles. The molecular formula is C25H23N3O6S. The zero-order chi connectivity index (χ0) is 24.4. The van der Waals surface area contributed by atoms with Gasteiger partial charge in [-0.3, -0.25) is 4.79 Å². The smallest absolute Gasteiger partial charge is 0.407 e. The number of ether oxygens (including phenoxy) is 2. The molecule has 0 saturated carbocycles. The van der Waals surface area contributed by atoms with E-state index in [1.807, 2.05) is 36.4 Å². The topological polar surface area (TPSA) is 127 Å². The van der Waals surface area contributed by atoms with Crippen molar-refractivity contribution in [2.45, 2.75) is 31.0 Å². The first kappa shape index (κ1) is 23.0. The average Bonchev–Trinajstić information content (AvgIpc) is 3.59. The molecule has 5 rings (SSSR count). The van der Waals surface area contributed by atoms with E-state index in [0.29, 0.717) is 18.0 Å². The van der Waals surface area contributed by atoms with Gasteiger partial charge < -0.3 is 25.2 Å². The van der Waals surface area contributed by atoms with Gasteiger partial charge in [0.25, 0.3) is 5.91 Å². The van der Waals surface area contributed by atoms with E-state index >= 15 is 0 Å². The molecule has 10 heteroatoms. The van der Waals surface area contributed by atoms with Crippen molar-refractivity contribution in [3.63, 3.8) is 0 Å². The molecule has 180 valence electrons. The van der Waals surface area contributed by atoms with Crippen LogP contribution in [0.2, 0.25) is 0 Å². The molecular weight excluding hydrogens is 470 g/mol. The van der Waals surface area contributed by atoms with Gasteiger partial charge in [-0.2, -0.15) is 0 Å². The van der Waals surface area contributed by atoms with Crippen LogP contribution in [-0.4, -0.2) is 53.4 Å². The van der Waals surface area contributed by atoms with Gasteiger partial charge in [-0.05, 0) is 28.7 Å². The Morgan fingerprint density at radius 2 is 1.77 bits per heavy atom. The number of fused-ring (bicyclic) bond motifs is 3. The maximum Gasteiger partial charge on any atom is 0.407 e. The summed E-state index contributed by atoms with van der Waals surface area (Å²) in [5.41, 5.74) is 4.47. The van der Waals surface area contributed by atoms with Crippen molar-refractivity contribution >= 4 is 29.3 Å². The van der Waals surface area contributed by atoms with Crippen molar-refractivity contribution in [3.8, 4) is 11.1 Å². The van der Waals surface area contributed by atoms with Crippen molar-refractivity contribution in [2.75, 3.05) is 13.2 Å². The number of carboxylic acids is 1. The van der Waals surface area contributed by atoms with Crippen molar-refractivity contribution in [3.05, 3.63) is 75.7 Å². The van der Waals surface area contributed by atoms with Crippen LogP contribution in [0.15, 0.2) is 53.9 Å². The third kappa shape index (κ3) is 4.75. The predicted molar refractivity (Wildman–Crippen MR) is 127 cm³/mol. The summed E-state index contributed by atoms with van der Waals surface area (Å²) >= 11 is 1.15. The number of hydrogen-bond acceptors (Lipinski definition) is 7. The summed E-state index contributed by atoms with van der Waals surface area (Å²) in [6.45, 7) is 0.585. The molecule has 3 aromatic rings. The van der Waals surface area contributed by atoms with Crippen molar-refractivity contribution in [2.24, 2.45) is 0 Å². The van der Waals surface area contributed by atoms with Crippen LogP contribution in [0.4, 0.5) is 4.79 Å². The molecule has 2 heterocycles. The van der Waals surface area contributed by atoms with E-state index in [2.05, 4.69) is 27.8 Å². The fraction of sp³-hybridized carbons (Fsp3) is 0.280. The Hall–Kier alpha value is -3.76. The van der Waals surface area contributed by atoms with Gasteiger partial charge in [-0.25, -0.2) is 14.6 Å². The van der Waals surface area contributed by atoms with Crippen LogP contribution < -0.4 is 10.6 Å². The summed E-state index contributed by atoms with van der Waals surface area (Å²) in [6, 6.07) is 15.7. The maximum absolute atomic E-state index is 12.6. The van der Waals surface area contributed by atoms with Gasteiger partial charge in [0.2, 0.25) is 0 Å². The highest BCUT2D eigenvalue weighted by Gasteiger charge is 2.36.